The number of nitrogens with zero attached hydrogens (tertiary/aromatic N) is 2. The number of rotatable bonds is 1. The molecule has 1 aliphatic carbocycles. The van der Waals surface area contributed by atoms with Gasteiger partial charge in [-0.25, -0.2) is 0 Å². The Hall–Kier alpha value is -0.465. The summed E-state index contributed by atoms with van der Waals surface area (Å²) >= 11 is 0. The van der Waals surface area contributed by atoms with Crippen molar-refractivity contribution >= 4 is 13.7 Å². The van der Waals surface area contributed by atoms with Gasteiger partial charge in [0.25, 0.3) is 0 Å². The van der Waals surface area contributed by atoms with Gasteiger partial charge in [0.1, 0.15) is 13.7 Å². The highest BCUT2D eigenvalue weighted by atomic mass is 15.2. The SMILES string of the molecule is BC1(C)CCCC2/C(=N\C)N(C(C)C)CCC2C1. The number of fused-ring (bicyclic) bond motifs is 1. The zero-order valence-corrected chi connectivity index (χ0v) is 12.9. The maximum atomic E-state index is 4.67. The van der Waals surface area contributed by atoms with Crippen molar-refractivity contribution in [3.63, 3.8) is 0 Å². The number of piperidine rings is 1. The second-order valence-electron chi connectivity index (χ2n) is 7.28. The van der Waals surface area contributed by atoms with E-state index in [1.165, 1.54) is 44.5 Å². The van der Waals surface area contributed by atoms with Gasteiger partial charge in [0, 0.05) is 25.6 Å². The number of hydrogen-bond donors (Lipinski definition) is 0. The largest absolute Gasteiger partial charge is 0.358 e. The first-order chi connectivity index (χ1) is 8.44. The van der Waals surface area contributed by atoms with E-state index in [0.717, 1.165) is 11.8 Å². The van der Waals surface area contributed by atoms with E-state index in [1.807, 2.05) is 7.05 Å². The molecular weight excluding hydrogens is 219 g/mol. The molecule has 0 bridgehead atoms. The fourth-order valence-corrected chi connectivity index (χ4v) is 4.08. The number of aliphatic imine (C=N–C) groups is 1. The van der Waals surface area contributed by atoms with Gasteiger partial charge in [-0.3, -0.25) is 4.99 Å². The third kappa shape index (κ3) is 2.75. The molecule has 2 aliphatic rings. The van der Waals surface area contributed by atoms with Crippen molar-refractivity contribution in [2.45, 2.75) is 64.2 Å². The van der Waals surface area contributed by atoms with Crippen LogP contribution in [0.2, 0.25) is 5.31 Å². The smallest absolute Gasteiger partial charge is 0.109 e. The van der Waals surface area contributed by atoms with Gasteiger partial charge in [-0.05, 0) is 32.6 Å². The molecule has 2 fully saturated rings. The van der Waals surface area contributed by atoms with Crippen LogP contribution in [0.25, 0.3) is 0 Å². The first-order valence-electron chi connectivity index (χ1n) is 7.68. The van der Waals surface area contributed by atoms with Crippen LogP contribution in [-0.4, -0.2) is 38.2 Å². The molecule has 0 aromatic heterocycles. The van der Waals surface area contributed by atoms with E-state index < -0.39 is 0 Å². The Morgan fingerprint density at radius 3 is 2.72 bits per heavy atom. The highest BCUT2D eigenvalue weighted by Gasteiger charge is 2.39. The van der Waals surface area contributed by atoms with Crippen LogP contribution in [0.4, 0.5) is 0 Å². The molecule has 1 saturated carbocycles. The lowest BCUT2D eigenvalue weighted by Gasteiger charge is -2.43. The molecule has 3 atom stereocenters. The van der Waals surface area contributed by atoms with E-state index in [2.05, 4.69) is 38.5 Å². The molecule has 3 heteroatoms. The molecule has 1 aliphatic heterocycles. The highest BCUT2D eigenvalue weighted by Crippen LogP contribution is 2.46. The number of hydrogen-bond acceptors (Lipinski definition) is 1. The molecule has 2 nitrogen and oxygen atoms in total. The minimum absolute atomic E-state index is 0.540. The summed E-state index contributed by atoms with van der Waals surface area (Å²) in [4.78, 5) is 7.21. The van der Waals surface area contributed by atoms with E-state index in [9.17, 15) is 0 Å². The molecule has 0 aromatic rings. The Kier molecular flexibility index (Phi) is 4.08. The second kappa shape index (κ2) is 5.26. The Bertz CT molecular complexity index is 322. The monoisotopic (exact) mass is 248 g/mol. The molecule has 18 heavy (non-hydrogen) atoms. The summed E-state index contributed by atoms with van der Waals surface area (Å²) in [5, 5.41) is 0.540. The third-order valence-corrected chi connectivity index (χ3v) is 4.97. The average Bonchev–Trinajstić information content (AvgIpc) is 2.44. The standard InChI is InChI=1S/C15H29BN2/c1-11(2)18-9-7-12-10-15(3,16)8-5-6-13(12)14(18)17-4/h11-13H,5-10,16H2,1-4H3/b17-14+. The van der Waals surface area contributed by atoms with Gasteiger partial charge in [-0.1, -0.05) is 31.5 Å². The van der Waals surface area contributed by atoms with Crippen molar-refractivity contribution in [3.8, 4) is 0 Å². The Balaban J connectivity index is 2.20. The Morgan fingerprint density at radius 1 is 1.39 bits per heavy atom. The minimum Gasteiger partial charge on any atom is -0.358 e. The molecule has 0 N–H and O–H groups in total. The summed E-state index contributed by atoms with van der Waals surface area (Å²) in [6, 6.07) is 0.598. The van der Waals surface area contributed by atoms with Crippen molar-refractivity contribution < 1.29 is 0 Å². The van der Waals surface area contributed by atoms with Crippen LogP contribution < -0.4 is 0 Å². The summed E-state index contributed by atoms with van der Waals surface area (Å²) in [6.07, 6.45) is 6.87. The van der Waals surface area contributed by atoms with Crippen molar-refractivity contribution in [1.82, 2.24) is 4.90 Å². The van der Waals surface area contributed by atoms with Crippen molar-refractivity contribution in [2.75, 3.05) is 13.6 Å². The molecule has 102 valence electrons. The van der Waals surface area contributed by atoms with E-state index >= 15 is 0 Å². The van der Waals surface area contributed by atoms with Crippen LogP contribution >= 0.6 is 0 Å². The van der Waals surface area contributed by atoms with Crippen LogP contribution in [0.15, 0.2) is 4.99 Å². The molecule has 0 spiro atoms. The van der Waals surface area contributed by atoms with Crippen LogP contribution in [0.1, 0.15) is 52.9 Å². The van der Waals surface area contributed by atoms with E-state index in [-0.39, 0.29) is 0 Å². The van der Waals surface area contributed by atoms with Crippen LogP contribution in [-0.2, 0) is 0 Å². The normalized spacial score (nSPS) is 39.8. The molecule has 0 aromatic carbocycles. The molecular formula is C15H29BN2. The molecule has 0 amide bonds. The van der Waals surface area contributed by atoms with Gasteiger partial charge in [-0.15, -0.1) is 0 Å². The lowest BCUT2D eigenvalue weighted by molar-refractivity contribution is 0.211. The first kappa shape index (κ1) is 14.0. The number of likely N-dealkylation sites (tertiary alicyclic amines) is 1. The maximum Gasteiger partial charge on any atom is 0.109 e. The van der Waals surface area contributed by atoms with Crippen molar-refractivity contribution in [3.05, 3.63) is 0 Å². The van der Waals surface area contributed by atoms with E-state index in [0.29, 0.717) is 11.4 Å². The zero-order valence-electron chi connectivity index (χ0n) is 12.9. The fraction of sp³-hybridized carbons (Fsp3) is 0.933. The average molecular weight is 248 g/mol. The quantitative estimate of drug-likeness (QED) is 0.651. The topological polar surface area (TPSA) is 15.6 Å². The highest BCUT2D eigenvalue weighted by molar-refractivity contribution is 6.14. The van der Waals surface area contributed by atoms with Crippen LogP contribution in [0, 0.1) is 11.8 Å². The lowest BCUT2D eigenvalue weighted by atomic mass is 9.62. The van der Waals surface area contributed by atoms with Crippen molar-refractivity contribution in [1.29, 1.82) is 0 Å². The number of amidine groups is 1. The Labute approximate surface area is 114 Å². The van der Waals surface area contributed by atoms with Gasteiger partial charge in [0.05, 0.1) is 0 Å². The summed E-state index contributed by atoms with van der Waals surface area (Å²) in [6.45, 7) is 8.26. The predicted octanol–water partition coefficient (Wildman–Crippen LogP) is 2.75. The molecule has 3 unspecified atom stereocenters. The van der Waals surface area contributed by atoms with E-state index in [1.54, 1.807) is 0 Å². The van der Waals surface area contributed by atoms with Gasteiger partial charge in [0.2, 0.25) is 0 Å². The van der Waals surface area contributed by atoms with E-state index in [4.69, 9.17) is 0 Å². The first-order valence-corrected chi connectivity index (χ1v) is 7.68. The lowest BCUT2D eigenvalue weighted by Crippen LogP contribution is -2.48. The third-order valence-electron chi connectivity index (χ3n) is 4.97. The summed E-state index contributed by atoms with van der Waals surface area (Å²) in [5.74, 6) is 3.00. The second-order valence-corrected chi connectivity index (χ2v) is 7.28. The minimum atomic E-state index is 0.540. The van der Waals surface area contributed by atoms with Gasteiger partial charge in [0.15, 0.2) is 0 Å². The predicted molar refractivity (Wildman–Crippen MR) is 82.2 cm³/mol. The van der Waals surface area contributed by atoms with Gasteiger partial charge < -0.3 is 4.90 Å². The Morgan fingerprint density at radius 2 is 2.11 bits per heavy atom. The maximum absolute atomic E-state index is 4.67. The molecule has 2 rings (SSSR count). The molecule has 1 saturated heterocycles. The molecule has 0 radical (unpaired) electrons. The summed E-state index contributed by atoms with van der Waals surface area (Å²) < 4.78 is 0. The van der Waals surface area contributed by atoms with Crippen LogP contribution in [0.5, 0.6) is 0 Å². The summed E-state index contributed by atoms with van der Waals surface area (Å²) in [5.41, 5.74) is 0. The molecule has 1 heterocycles. The van der Waals surface area contributed by atoms with Crippen molar-refractivity contribution in [2.24, 2.45) is 16.8 Å². The van der Waals surface area contributed by atoms with Gasteiger partial charge >= 0.3 is 0 Å². The van der Waals surface area contributed by atoms with Gasteiger partial charge in [-0.2, -0.15) is 0 Å². The zero-order chi connectivity index (χ0) is 13.3. The summed E-state index contributed by atoms with van der Waals surface area (Å²) in [7, 11) is 4.44. The van der Waals surface area contributed by atoms with Crippen LogP contribution in [0.3, 0.4) is 0 Å². The fourth-order valence-electron chi connectivity index (χ4n) is 4.08.